The van der Waals surface area contributed by atoms with Gasteiger partial charge in [0, 0.05) is 58.4 Å². The summed E-state index contributed by atoms with van der Waals surface area (Å²) >= 11 is 1.87. The van der Waals surface area contributed by atoms with Gasteiger partial charge in [0.15, 0.2) is 0 Å². The molecule has 0 fully saturated rings. The molecule has 0 aliphatic carbocycles. The van der Waals surface area contributed by atoms with Crippen LogP contribution < -0.4 is 0 Å². The Morgan fingerprint density at radius 1 is 0.436 bits per heavy atom. The molecule has 0 amide bonds. The van der Waals surface area contributed by atoms with Gasteiger partial charge < -0.3 is 9.55 Å². The maximum Gasteiger partial charge on any atom is 0.0547 e. The van der Waals surface area contributed by atoms with E-state index in [0.717, 1.165) is 0 Å². The molecular formula is C36H22N2S. The summed E-state index contributed by atoms with van der Waals surface area (Å²) in [6.45, 7) is 0. The van der Waals surface area contributed by atoms with E-state index in [1.165, 1.54) is 80.6 Å². The molecule has 1 N–H and O–H groups in total. The van der Waals surface area contributed by atoms with Crippen LogP contribution in [-0.2, 0) is 0 Å². The highest BCUT2D eigenvalue weighted by Crippen LogP contribution is 2.39. The normalized spacial score (nSPS) is 12.1. The molecule has 9 aromatic rings. The van der Waals surface area contributed by atoms with E-state index in [1.807, 2.05) is 11.3 Å². The summed E-state index contributed by atoms with van der Waals surface area (Å²) in [5, 5.41) is 7.75. The molecule has 0 saturated heterocycles. The van der Waals surface area contributed by atoms with Crippen LogP contribution in [0.2, 0.25) is 0 Å². The largest absolute Gasteiger partial charge is 0.354 e. The van der Waals surface area contributed by atoms with Crippen LogP contribution in [-0.4, -0.2) is 9.55 Å². The molecule has 0 spiro atoms. The van der Waals surface area contributed by atoms with Crippen molar-refractivity contribution in [3.05, 3.63) is 127 Å². The van der Waals surface area contributed by atoms with Gasteiger partial charge in [-0.2, -0.15) is 0 Å². The first-order valence-corrected chi connectivity index (χ1v) is 14.1. The van der Waals surface area contributed by atoms with E-state index in [-0.39, 0.29) is 0 Å². The Balaban J connectivity index is 1.28. The standard InChI is InChI=1S/C36H22N2S/c1-4-10-31-25(7-1)26-16-13-22(19-32(26)37-31)23-14-17-28-27-8-2-5-11-33(27)38(34(28)20-23)24-15-18-30-29-9-3-6-12-35(29)39-36(30)21-24/h1-21,37H. The molecule has 0 radical (unpaired) electrons. The third-order valence-electron chi connectivity index (χ3n) is 8.13. The van der Waals surface area contributed by atoms with Crippen molar-refractivity contribution in [1.82, 2.24) is 9.55 Å². The van der Waals surface area contributed by atoms with Gasteiger partial charge in [-0.1, -0.05) is 84.9 Å². The van der Waals surface area contributed by atoms with Gasteiger partial charge in [0.2, 0.25) is 0 Å². The van der Waals surface area contributed by atoms with E-state index in [4.69, 9.17) is 0 Å². The molecule has 0 unspecified atom stereocenters. The Kier molecular flexibility index (Phi) is 4.24. The summed E-state index contributed by atoms with van der Waals surface area (Å²) in [6, 6.07) is 46.6. The highest BCUT2D eigenvalue weighted by atomic mass is 32.1. The molecule has 0 bridgehead atoms. The number of hydrogen-bond donors (Lipinski definition) is 1. The lowest BCUT2D eigenvalue weighted by Crippen LogP contribution is -1.93. The molecule has 0 aliphatic heterocycles. The van der Waals surface area contributed by atoms with E-state index in [9.17, 15) is 0 Å². The molecule has 0 aliphatic rings. The lowest BCUT2D eigenvalue weighted by Gasteiger charge is -2.10. The molecule has 3 aromatic heterocycles. The van der Waals surface area contributed by atoms with Crippen molar-refractivity contribution in [3.8, 4) is 16.8 Å². The Morgan fingerprint density at radius 2 is 1.08 bits per heavy atom. The summed E-state index contributed by atoms with van der Waals surface area (Å²) in [6.07, 6.45) is 0. The molecule has 2 nitrogen and oxygen atoms in total. The van der Waals surface area contributed by atoms with E-state index in [0.29, 0.717) is 0 Å². The first kappa shape index (κ1) is 21.1. The summed E-state index contributed by atoms with van der Waals surface area (Å²) in [4.78, 5) is 3.61. The lowest BCUT2D eigenvalue weighted by molar-refractivity contribution is 1.19. The number of H-pyrrole nitrogens is 1. The van der Waals surface area contributed by atoms with Crippen LogP contribution >= 0.6 is 11.3 Å². The fourth-order valence-electron chi connectivity index (χ4n) is 6.32. The Hall–Kier alpha value is -4.86. The van der Waals surface area contributed by atoms with Crippen LogP contribution in [0.4, 0.5) is 0 Å². The second-order valence-electron chi connectivity index (χ2n) is 10.3. The maximum absolute atomic E-state index is 3.61. The van der Waals surface area contributed by atoms with Gasteiger partial charge in [-0.3, -0.25) is 0 Å². The minimum atomic E-state index is 1.17. The molecule has 182 valence electrons. The quantitative estimate of drug-likeness (QED) is 0.237. The molecule has 9 rings (SSSR count). The summed E-state index contributed by atoms with van der Waals surface area (Å²) < 4.78 is 5.08. The van der Waals surface area contributed by atoms with Crippen molar-refractivity contribution in [2.75, 3.05) is 0 Å². The van der Waals surface area contributed by atoms with Gasteiger partial charge in [-0.25, -0.2) is 0 Å². The van der Waals surface area contributed by atoms with E-state index in [1.54, 1.807) is 0 Å². The fourth-order valence-corrected chi connectivity index (χ4v) is 7.46. The average molecular weight is 515 g/mol. The highest BCUT2D eigenvalue weighted by Gasteiger charge is 2.15. The van der Waals surface area contributed by atoms with Crippen LogP contribution in [0.25, 0.3) is 80.6 Å². The molecule has 6 aromatic carbocycles. The summed E-state index contributed by atoms with van der Waals surface area (Å²) in [7, 11) is 0. The monoisotopic (exact) mass is 514 g/mol. The molecule has 0 atom stereocenters. The van der Waals surface area contributed by atoms with Crippen molar-refractivity contribution in [3.63, 3.8) is 0 Å². The van der Waals surface area contributed by atoms with Crippen molar-refractivity contribution in [2.45, 2.75) is 0 Å². The first-order chi connectivity index (χ1) is 19.3. The Morgan fingerprint density at radius 3 is 2.00 bits per heavy atom. The topological polar surface area (TPSA) is 20.7 Å². The third-order valence-corrected chi connectivity index (χ3v) is 9.27. The maximum atomic E-state index is 3.61. The molecule has 3 heteroatoms. The number of fused-ring (bicyclic) bond motifs is 9. The number of nitrogens with zero attached hydrogens (tertiary/aromatic N) is 1. The van der Waals surface area contributed by atoms with E-state index in [2.05, 4.69) is 137 Å². The van der Waals surface area contributed by atoms with E-state index >= 15 is 0 Å². The Bertz CT molecular complexity index is 2400. The number of hydrogen-bond acceptors (Lipinski definition) is 1. The van der Waals surface area contributed by atoms with Crippen LogP contribution in [0.1, 0.15) is 0 Å². The number of rotatable bonds is 2. The van der Waals surface area contributed by atoms with Gasteiger partial charge in [0.1, 0.15) is 0 Å². The second-order valence-corrected chi connectivity index (χ2v) is 11.4. The predicted molar refractivity (Wildman–Crippen MR) is 168 cm³/mol. The summed E-state index contributed by atoms with van der Waals surface area (Å²) in [5.41, 5.74) is 8.44. The predicted octanol–water partition coefficient (Wildman–Crippen LogP) is 10.5. The second kappa shape index (κ2) is 7.83. The third kappa shape index (κ3) is 3.02. The van der Waals surface area contributed by atoms with Gasteiger partial charge in [-0.05, 0) is 53.6 Å². The molecular weight excluding hydrogens is 492 g/mol. The minimum absolute atomic E-state index is 1.17. The molecule has 3 heterocycles. The molecule has 0 saturated carbocycles. The van der Waals surface area contributed by atoms with Crippen molar-refractivity contribution >= 4 is 75.1 Å². The van der Waals surface area contributed by atoms with Crippen LogP contribution in [0.5, 0.6) is 0 Å². The number of aromatic amines is 1. The number of benzene rings is 6. The highest BCUT2D eigenvalue weighted by molar-refractivity contribution is 7.25. The van der Waals surface area contributed by atoms with Gasteiger partial charge in [-0.15, -0.1) is 11.3 Å². The van der Waals surface area contributed by atoms with E-state index < -0.39 is 0 Å². The lowest BCUT2D eigenvalue weighted by atomic mass is 10.0. The van der Waals surface area contributed by atoms with Gasteiger partial charge in [0.05, 0.1) is 11.0 Å². The van der Waals surface area contributed by atoms with Crippen LogP contribution in [0, 0.1) is 0 Å². The first-order valence-electron chi connectivity index (χ1n) is 13.3. The number of thiophene rings is 1. The molecule has 39 heavy (non-hydrogen) atoms. The Labute approximate surface area is 228 Å². The zero-order valence-corrected chi connectivity index (χ0v) is 21.8. The van der Waals surface area contributed by atoms with Gasteiger partial charge >= 0.3 is 0 Å². The zero-order valence-electron chi connectivity index (χ0n) is 21.0. The fraction of sp³-hybridized carbons (Fsp3) is 0. The van der Waals surface area contributed by atoms with Crippen LogP contribution in [0.3, 0.4) is 0 Å². The SMILES string of the molecule is c1ccc2c(c1)[nH]c1cc(-c3ccc4c5ccccc5n(-c5ccc6c(c5)sc5ccccc56)c4c3)ccc12. The van der Waals surface area contributed by atoms with Crippen molar-refractivity contribution in [2.24, 2.45) is 0 Å². The number of aromatic nitrogens is 2. The number of para-hydroxylation sites is 2. The number of nitrogens with one attached hydrogen (secondary N) is 1. The average Bonchev–Trinajstić information content (AvgIpc) is 3.65. The van der Waals surface area contributed by atoms with Crippen molar-refractivity contribution < 1.29 is 0 Å². The van der Waals surface area contributed by atoms with Crippen molar-refractivity contribution in [1.29, 1.82) is 0 Å². The zero-order chi connectivity index (χ0) is 25.5. The van der Waals surface area contributed by atoms with Crippen LogP contribution in [0.15, 0.2) is 127 Å². The smallest absolute Gasteiger partial charge is 0.0547 e. The summed E-state index contributed by atoms with van der Waals surface area (Å²) in [5.74, 6) is 0. The minimum Gasteiger partial charge on any atom is -0.354 e. The van der Waals surface area contributed by atoms with Gasteiger partial charge in [0.25, 0.3) is 0 Å².